The zero-order chi connectivity index (χ0) is 15.0. The van der Waals surface area contributed by atoms with E-state index in [-0.39, 0.29) is 5.41 Å². The summed E-state index contributed by atoms with van der Waals surface area (Å²) in [5, 5.41) is 3.33. The van der Waals surface area contributed by atoms with Gasteiger partial charge in [0.1, 0.15) is 0 Å². The minimum Gasteiger partial charge on any atom is -0.355 e. The minimum atomic E-state index is 0.0483. The number of hydrogen-bond acceptors (Lipinski definition) is 1. The van der Waals surface area contributed by atoms with Crippen molar-refractivity contribution in [3.63, 3.8) is 0 Å². The molecule has 5 rings (SSSR count). The van der Waals surface area contributed by atoms with Gasteiger partial charge in [-0.1, -0.05) is 0 Å². The molecule has 0 radical (unpaired) electrons. The van der Waals surface area contributed by atoms with E-state index in [0.29, 0.717) is 5.91 Å². The first-order valence-corrected chi connectivity index (χ1v) is 9.85. The maximum Gasteiger partial charge on any atom is 0.226 e. The molecule has 1 saturated heterocycles. The molecular formula is C19H33N2O+. The normalized spacial score (nSPS) is 40.8. The van der Waals surface area contributed by atoms with Crippen LogP contribution in [0.2, 0.25) is 0 Å². The zero-order valence-electron chi connectivity index (χ0n) is 14.0. The van der Waals surface area contributed by atoms with Crippen LogP contribution in [0.3, 0.4) is 0 Å². The van der Waals surface area contributed by atoms with Gasteiger partial charge in [-0.15, -0.1) is 0 Å². The highest BCUT2D eigenvalue weighted by Gasteiger charge is 2.54. The van der Waals surface area contributed by atoms with E-state index >= 15 is 0 Å². The molecule has 0 aromatic heterocycles. The fourth-order valence-corrected chi connectivity index (χ4v) is 6.42. The van der Waals surface area contributed by atoms with Gasteiger partial charge in [0.25, 0.3) is 0 Å². The number of quaternary nitrogens is 1. The molecule has 4 saturated carbocycles. The molecule has 4 bridgehead atoms. The highest BCUT2D eigenvalue weighted by atomic mass is 16.2. The first kappa shape index (κ1) is 15.0. The lowest BCUT2D eigenvalue weighted by molar-refractivity contribution is -0.904. The summed E-state index contributed by atoms with van der Waals surface area (Å²) in [6, 6.07) is 0. The summed E-state index contributed by atoms with van der Waals surface area (Å²) in [5.41, 5.74) is 0.0483. The second-order valence-electron chi connectivity index (χ2n) is 8.87. The molecule has 5 aliphatic rings. The van der Waals surface area contributed by atoms with E-state index in [9.17, 15) is 4.79 Å². The Balaban J connectivity index is 1.24. The zero-order valence-corrected chi connectivity index (χ0v) is 14.0. The van der Waals surface area contributed by atoms with Crippen molar-refractivity contribution < 1.29 is 9.69 Å². The molecular weight excluding hydrogens is 272 g/mol. The predicted molar refractivity (Wildman–Crippen MR) is 87.6 cm³/mol. The van der Waals surface area contributed by atoms with Gasteiger partial charge in [0.05, 0.1) is 19.6 Å². The van der Waals surface area contributed by atoms with Crippen LogP contribution in [0.1, 0.15) is 64.2 Å². The molecule has 3 nitrogen and oxygen atoms in total. The lowest BCUT2D eigenvalue weighted by Crippen LogP contribution is -3.12. The third-order valence-corrected chi connectivity index (χ3v) is 7.07. The standard InChI is InChI=1S/C19H32N2O/c22-18(20-5-4-8-21-6-2-1-3-7-21)19-12-15-9-16(13-19)11-17(10-15)14-19/h15-17H,1-14H2,(H,20,22)/p+1. The van der Waals surface area contributed by atoms with Crippen molar-refractivity contribution >= 4 is 5.91 Å². The van der Waals surface area contributed by atoms with Crippen LogP contribution in [-0.2, 0) is 4.79 Å². The molecule has 0 aromatic carbocycles. The molecule has 1 amide bonds. The van der Waals surface area contributed by atoms with Crippen LogP contribution in [0.5, 0.6) is 0 Å². The fourth-order valence-electron chi connectivity index (χ4n) is 6.42. The van der Waals surface area contributed by atoms with Gasteiger partial charge in [0.15, 0.2) is 0 Å². The monoisotopic (exact) mass is 305 g/mol. The van der Waals surface area contributed by atoms with E-state index in [1.165, 1.54) is 77.4 Å². The van der Waals surface area contributed by atoms with Crippen LogP contribution >= 0.6 is 0 Å². The van der Waals surface area contributed by atoms with E-state index in [1.54, 1.807) is 4.90 Å². The number of carbonyl (C=O) groups excluding carboxylic acids is 1. The van der Waals surface area contributed by atoms with Gasteiger partial charge in [-0.2, -0.15) is 0 Å². The topological polar surface area (TPSA) is 33.5 Å². The summed E-state index contributed by atoms with van der Waals surface area (Å²) in [7, 11) is 0. The van der Waals surface area contributed by atoms with Crippen LogP contribution < -0.4 is 10.2 Å². The van der Waals surface area contributed by atoms with E-state index in [2.05, 4.69) is 5.32 Å². The predicted octanol–water partition coefficient (Wildman–Crippen LogP) is 1.78. The number of carbonyl (C=O) groups is 1. The third-order valence-electron chi connectivity index (χ3n) is 7.07. The van der Waals surface area contributed by atoms with Gasteiger partial charge in [0, 0.05) is 18.4 Å². The molecule has 124 valence electrons. The maximum atomic E-state index is 12.8. The van der Waals surface area contributed by atoms with Crippen LogP contribution in [0.4, 0.5) is 0 Å². The average molecular weight is 305 g/mol. The van der Waals surface area contributed by atoms with Crippen molar-refractivity contribution in [1.82, 2.24) is 5.32 Å². The summed E-state index contributed by atoms with van der Waals surface area (Å²) in [6.07, 6.45) is 13.2. The first-order valence-electron chi connectivity index (χ1n) is 9.85. The van der Waals surface area contributed by atoms with Gasteiger partial charge >= 0.3 is 0 Å². The summed E-state index contributed by atoms with van der Waals surface area (Å²) >= 11 is 0. The van der Waals surface area contributed by atoms with E-state index in [0.717, 1.165) is 30.7 Å². The molecule has 0 unspecified atom stereocenters. The van der Waals surface area contributed by atoms with Crippen molar-refractivity contribution in [2.24, 2.45) is 23.2 Å². The highest BCUT2D eigenvalue weighted by Crippen LogP contribution is 2.60. The molecule has 1 heterocycles. The van der Waals surface area contributed by atoms with Crippen molar-refractivity contribution in [3.05, 3.63) is 0 Å². The first-order chi connectivity index (χ1) is 10.7. The van der Waals surface area contributed by atoms with Gasteiger partial charge in [-0.05, 0) is 75.5 Å². The summed E-state index contributed by atoms with van der Waals surface area (Å²) in [4.78, 5) is 14.6. The van der Waals surface area contributed by atoms with Crippen molar-refractivity contribution in [2.75, 3.05) is 26.2 Å². The Morgan fingerprint density at radius 2 is 1.55 bits per heavy atom. The van der Waals surface area contributed by atoms with Crippen LogP contribution in [0, 0.1) is 23.2 Å². The maximum absolute atomic E-state index is 12.8. The molecule has 4 aliphatic carbocycles. The molecule has 0 atom stereocenters. The molecule has 22 heavy (non-hydrogen) atoms. The lowest BCUT2D eigenvalue weighted by Gasteiger charge is -2.55. The Labute approximate surface area is 135 Å². The van der Waals surface area contributed by atoms with Crippen molar-refractivity contribution in [3.8, 4) is 0 Å². The number of likely N-dealkylation sites (tertiary alicyclic amines) is 1. The molecule has 3 heteroatoms. The Hall–Kier alpha value is -0.570. The Morgan fingerprint density at radius 3 is 2.14 bits per heavy atom. The largest absolute Gasteiger partial charge is 0.355 e. The van der Waals surface area contributed by atoms with Gasteiger partial charge in [-0.3, -0.25) is 4.79 Å². The number of piperidine rings is 1. The fraction of sp³-hybridized carbons (Fsp3) is 0.947. The van der Waals surface area contributed by atoms with Crippen molar-refractivity contribution in [1.29, 1.82) is 0 Å². The molecule has 0 spiro atoms. The lowest BCUT2D eigenvalue weighted by atomic mass is 9.49. The minimum absolute atomic E-state index is 0.0483. The highest BCUT2D eigenvalue weighted by molar-refractivity contribution is 5.83. The van der Waals surface area contributed by atoms with Crippen LogP contribution in [0.15, 0.2) is 0 Å². The Kier molecular flexibility index (Phi) is 4.19. The number of rotatable bonds is 5. The molecule has 1 aliphatic heterocycles. The Morgan fingerprint density at radius 1 is 0.955 bits per heavy atom. The number of amides is 1. The molecule has 0 aromatic rings. The van der Waals surface area contributed by atoms with Gasteiger partial charge in [-0.25, -0.2) is 0 Å². The second-order valence-corrected chi connectivity index (χ2v) is 8.87. The number of hydrogen-bond donors (Lipinski definition) is 2. The van der Waals surface area contributed by atoms with E-state index < -0.39 is 0 Å². The van der Waals surface area contributed by atoms with Crippen LogP contribution in [-0.4, -0.2) is 32.1 Å². The van der Waals surface area contributed by atoms with Gasteiger partial charge in [0.2, 0.25) is 5.91 Å². The third kappa shape index (κ3) is 2.93. The molecule has 2 N–H and O–H groups in total. The SMILES string of the molecule is O=C(NCCC[NH+]1CCCCC1)C12CC3CC(CC(C3)C1)C2. The van der Waals surface area contributed by atoms with Crippen LogP contribution in [0.25, 0.3) is 0 Å². The Bertz CT molecular complexity index is 378. The van der Waals surface area contributed by atoms with E-state index in [1.807, 2.05) is 0 Å². The summed E-state index contributed by atoms with van der Waals surface area (Å²) < 4.78 is 0. The average Bonchev–Trinajstić information content (AvgIpc) is 2.51. The molecule has 5 fully saturated rings. The quantitative estimate of drug-likeness (QED) is 0.746. The smallest absolute Gasteiger partial charge is 0.226 e. The second kappa shape index (κ2) is 6.14. The summed E-state index contributed by atoms with van der Waals surface area (Å²) in [5.74, 6) is 3.03. The number of nitrogens with one attached hydrogen (secondary N) is 2. The van der Waals surface area contributed by atoms with Gasteiger partial charge < -0.3 is 10.2 Å². The van der Waals surface area contributed by atoms with E-state index in [4.69, 9.17) is 0 Å². The van der Waals surface area contributed by atoms with Crippen molar-refractivity contribution in [2.45, 2.75) is 64.2 Å². The summed E-state index contributed by atoms with van der Waals surface area (Å²) in [6.45, 7) is 4.86.